The van der Waals surface area contributed by atoms with Crippen molar-refractivity contribution in [1.29, 1.82) is 5.26 Å². The van der Waals surface area contributed by atoms with E-state index >= 15 is 0 Å². The Labute approximate surface area is 235 Å². The molecule has 1 aromatic rings. The van der Waals surface area contributed by atoms with Gasteiger partial charge in [-0.25, -0.2) is 13.4 Å². The molecule has 0 amide bonds. The third kappa shape index (κ3) is 4.75. The predicted molar refractivity (Wildman–Crippen MR) is 150 cm³/mol. The highest BCUT2D eigenvalue weighted by molar-refractivity contribution is 7.89. The first-order chi connectivity index (χ1) is 18.4. The number of hydrogen-bond acceptors (Lipinski definition) is 6. The molecule has 9 atom stereocenters. The molecule has 4 aliphatic rings. The van der Waals surface area contributed by atoms with Crippen LogP contribution in [0.15, 0.2) is 23.4 Å². The summed E-state index contributed by atoms with van der Waals surface area (Å²) in [6, 6.07) is 4.84. The molecule has 0 bridgehead atoms. The van der Waals surface area contributed by atoms with Gasteiger partial charge in [0, 0.05) is 25.9 Å². The molecular weight excluding hydrogens is 510 g/mol. The largest absolute Gasteiger partial charge is 0.387 e. The van der Waals surface area contributed by atoms with Crippen LogP contribution in [-0.2, 0) is 14.8 Å². The number of rotatable bonds is 7. The molecule has 0 saturated heterocycles. The Morgan fingerprint density at radius 3 is 2.54 bits per heavy atom. The number of aliphatic hydroxyl groups is 1. The molecule has 216 valence electrons. The van der Waals surface area contributed by atoms with Gasteiger partial charge >= 0.3 is 0 Å². The van der Waals surface area contributed by atoms with Crippen molar-refractivity contribution in [2.75, 3.05) is 20.3 Å². The number of hydrogen-bond donors (Lipinski definition) is 1. The highest BCUT2D eigenvalue weighted by atomic mass is 32.2. The second-order valence-corrected chi connectivity index (χ2v) is 15.7. The van der Waals surface area contributed by atoms with Gasteiger partial charge in [0.15, 0.2) is 5.03 Å². The van der Waals surface area contributed by atoms with E-state index in [1.165, 1.54) is 48.3 Å². The number of fused-ring (bicyclic) bond motifs is 5. The SMILES string of the molecule is CCOC[C@@]1(O)CC[C@@]2(C)[C@H](CC[C@@H]3[C@@H]2CC[C@]2(C)C([C@@H](C)N(C)S(=O)(=O)c4ccc(C#N)cn4)CC[C@@H]32)C1. The fraction of sp³-hybridized carbons (Fsp3) is 0.806. The fourth-order valence-electron chi connectivity index (χ4n) is 9.80. The zero-order valence-electron chi connectivity index (χ0n) is 24.4. The summed E-state index contributed by atoms with van der Waals surface area (Å²) in [5, 5.41) is 20.3. The minimum atomic E-state index is -3.75. The monoisotopic (exact) mass is 557 g/mol. The van der Waals surface area contributed by atoms with Gasteiger partial charge in [-0.3, -0.25) is 0 Å². The van der Waals surface area contributed by atoms with Crippen LogP contribution in [-0.4, -0.2) is 54.7 Å². The van der Waals surface area contributed by atoms with Gasteiger partial charge in [-0.15, -0.1) is 0 Å². The summed E-state index contributed by atoms with van der Waals surface area (Å²) in [7, 11) is -2.06. The molecular formula is C31H47N3O4S. The average Bonchev–Trinajstić information content (AvgIpc) is 3.29. The molecule has 4 aliphatic carbocycles. The second-order valence-electron chi connectivity index (χ2n) is 13.7. The summed E-state index contributed by atoms with van der Waals surface area (Å²) >= 11 is 0. The van der Waals surface area contributed by atoms with Gasteiger partial charge in [0.2, 0.25) is 0 Å². The molecule has 0 spiro atoms. The van der Waals surface area contributed by atoms with Gasteiger partial charge in [0.25, 0.3) is 10.0 Å². The van der Waals surface area contributed by atoms with Crippen molar-refractivity contribution in [2.24, 2.45) is 40.4 Å². The van der Waals surface area contributed by atoms with Crippen molar-refractivity contribution in [3.8, 4) is 6.07 Å². The van der Waals surface area contributed by atoms with Gasteiger partial charge in [0.1, 0.15) is 6.07 Å². The normalized spacial score (nSPS) is 40.8. The van der Waals surface area contributed by atoms with Crippen LogP contribution < -0.4 is 0 Å². The van der Waals surface area contributed by atoms with E-state index in [2.05, 4.69) is 25.8 Å². The van der Waals surface area contributed by atoms with Gasteiger partial charge in [-0.05, 0) is 124 Å². The maximum atomic E-state index is 13.5. The van der Waals surface area contributed by atoms with Crippen LogP contribution in [0.2, 0.25) is 0 Å². The Kier molecular flexibility index (Phi) is 7.72. The highest BCUT2D eigenvalue weighted by Gasteiger charge is 2.62. The van der Waals surface area contributed by atoms with Crippen LogP contribution in [0.25, 0.3) is 0 Å². The molecule has 5 rings (SSSR count). The first-order valence-electron chi connectivity index (χ1n) is 15.0. The van der Waals surface area contributed by atoms with Crippen LogP contribution in [0, 0.1) is 51.8 Å². The maximum Gasteiger partial charge on any atom is 0.260 e. The van der Waals surface area contributed by atoms with E-state index in [0.717, 1.165) is 32.1 Å². The summed E-state index contributed by atoms with van der Waals surface area (Å²) in [6.45, 7) is 10.1. The Hall–Kier alpha value is -1.53. The lowest BCUT2D eigenvalue weighted by atomic mass is 9.43. The quantitative estimate of drug-likeness (QED) is 0.482. The fourth-order valence-corrected chi connectivity index (χ4v) is 11.1. The third-order valence-electron chi connectivity index (χ3n) is 12.1. The molecule has 8 heteroatoms. The topological polar surface area (TPSA) is 104 Å². The molecule has 0 aromatic carbocycles. The summed E-state index contributed by atoms with van der Waals surface area (Å²) in [6.07, 6.45) is 11.1. The third-order valence-corrected chi connectivity index (χ3v) is 14.0. The van der Waals surface area contributed by atoms with Crippen LogP contribution in [0.3, 0.4) is 0 Å². The molecule has 0 aliphatic heterocycles. The van der Waals surface area contributed by atoms with Crippen molar-refractivity contribution in [3.05, 3.63) is 23.9 Å². The molecule has 1 aromatic heterocycles. The minimum Gasteiger partial charge on any atom is -0.387 e. The zero-order valence-corrected chi connectivity index (χ0v) is 25.2. The van der Waals surface area contributed by atoms with E-state index in [1.807, 2.05) is 13.0 Å². The Balaban J connectivity index is 1.32. The Morgan fingerprint density at radius 2 is 1.87 bits per heavy atom. The van der Waals surface area contributed by atoms with E-state index in [0.29, 0.717) is 48.4 Å². The van der Waals surface area contributed by atoms with Gasteiger partial charge in [0.05, 0.1) is 17.8 Å². The molecule has 7 nitrogen and oxygen atoms in total. The lowest BCUT2D eigenvalue weighted by Crippen LogP contribution is -2.57. The summed E-state index contributed by atoms with van der Waals surface area (Å²) in [5.41, 5.74) is 0.0706. The van der Waals surface area contributed by atoms with Crippen LogP contribution in [0.1, 0.15) is 91.0 Å². The lowest BCUT2D eigenvalue weighted by molar-refractivity contribution is -0.165. The van der Waals surface area contributed by atoms with Crippen molar-refractivity contribution < 1.29 is 18.3 Å². The number of nitrogens with zero attached hydrogens (tertiary/aromatic N) is 3. The molecule has 0 radical (unpaired) electrons. The Morgan fingerprint density at radius 1 is 1.13 bits per heavy atom. The van der Waals surface area contributed by atoms with Gasteiger partial charge in [-0.1, -0.05) is 13.8 Å². The number of pyridine rings is 1. The Bertz CT molecular complexity index is 1200. The molecule has 4 fully saturated rings. The number of aromatic nitrogens is 1. The van der Waals surface area contributed by atoms with Gasteiger partial charge < -0.3 is 9.84 Å². The number of ether oxygens (including phenoxy) is 1. The average molecular weight is 558 g/mol. The van der Waals surface area contributed by atoms with E-state index in [1.54, 1.807) is 7.05 Å². The summed E-state index contributed by atoms with van der Waals surface area (Å²) in [5.74, 6) is 2.84. The first kappa shape index (κ1) is 29.0. The van der Waals surface area contributed by atoms with Crippen LogP contribution in [0.4, 0.5) is 0 Å². The first-order valence-corrected chi connectivity index (χ1v) is 16.5. The van der Waals surface area contributed by atoms with Crippen molar-refractivity contribution in [3.63, 3.8) is 0 Å². The number of sulfonamides is 1. The standard InChI is InChI=1S/C31H47N3O4S/c1-6-38-20-31(35)16-15-29(3)23(17-31)8-9-24-26-11-10-25(30(26,4)14-13-27(24)29)21(2)34(5)39(36,37)28-12-7-22(18-32)19-33-28/h7,12,19,21,23-27,35H,6,8-11,13-17,20H2,1-5H3/t21-,23-,24+,25?,26+,27+,29+,30-,31-/m1/s1. The molecule has 39 heavy (non-hydrogen) atoms. The van der Waals surface area contributed by atoms with Crippen molar-refractivity contribution in [1.82, 2.24) is 9.29 Å². The number of nitriles is 1. The minimum absolute atomic E-state index is 0.00657. The zero-order chi connectivity index (χ0) is 28.2. The molecule has 1 unspecified atom stereocenters. The maximum absolute atomic E-state index is 13.5. The summed E-state index contributed by atoms with van der Waals surface area (Å²) in [4.78, 5) is 4.10. The second kappa shape index (κ2) is 10.4. The van der Waals surface area contributed by atoms with Crippen molar-refractivity contribution in [2.45, 2.75) is 102 Å². The highest BCUT2D eigenvalue weighted by Crippen LogP contribution is 2.68. The molecule has 4 saturated carbocycles. The lowest BCUT2D eigenvalue weighted by Gasteiger charge is -2.62. The van der Waals surface area contributed by atoms with E-state index < -0.39 is 15.6 Å². The van der Waals surface area contributed by atoms with E-state index in [4.69, 9.17) is 10.00 Å². The van der Waals surface area contributed by atoms with E-state index in [-0.39, 0.29) is 21.9 Å². The van der Waals surface area contributed by atoms with Gasteiger partial charge in [-0.2, -0.15) is 9.57 Å². The van der Waals surface area contributed by atoms with Crippen molar-refractivity contribution >= 4 is 10.0 Å². The van der Waals surface area contributed by atoms with Crippen LogP contribution in [0.5, 0.6) is 0 Å². The van der Waals surface area contributed by atoms with Crippen LogP contribution >= 0.6 is 0 Å². The molecule has 1 N–H and O–H groups in total. The smallest absolute Gasteiger partial charge is 0.260 e. The predicted octanol–water partition coefficient (Wildman–Crippen LogP) is 5.39. The van der Waals surface area contributed by atoms with E-state index in [9.17, 15) is 13.5 Å². The molecule has 1 heterocycles. The summed E-state index contributed by atoms with van der Waals surface area (Å²) < 4.78 is 34.2.